The first-order chi connectivity index (χ1) is 10.8. The molecule has 2 rings (SSSR count). The second-order valence-electron chi connectivity index (χ2n) is 5.72. The molecule has 0 radical (unpaired) electrons. The lowest BCUT2D eigenvalue weighted by atomic mass is 9.97. The summed E-state index contributed by atoms with van der Waals surface area (Å²) in [5.74, 6) is 0. The number of rotatable bonds is 4. The van der Waals surface area contributed by atoms with Crippen LogP contribution in [-0.2, 0) is 18.9 Å². The fraction of sp³-hybridized carbons (Fsp3) is 1.00. The molecule has 8 unspecified atom stereocenters. The van der Waals surface area contributed by atoms with Crippen LogP contribution in [0.25, 0.3) is 0 Å². The van der Waals surface area contributed by atoms with Crippen molar-refractivity contribution in [1.29, 1.82) is 0 Å². The molecule has 0 saturated carbocycles. The summed E-state index contributed by atoms with van der Waals surface area (Å²) in [6.07, 6.45) is -12.9. The van der Waals surface area contributed by atoms with Crippen LogP contribution >= 0.6 is 0 Å². The Balaban J connectivity index is 2.10. The summed E-state index contributed by atoms with van der Waals surface area (Å²) in [5.41, 5.74) is 0. The SMILES string of the molecule is COC1OC(CO)C(O)[C@@H](O)C1OC1OC(C)C(O)[C@@H](O)C1O. The Morgan fingerprint density at radius 3 is 2.04 bits per heavy atom. The predicted octanol–water partition coefficient (Wildman–Crippen LogP) is -3.72. The van der Waals surface area contributed by atoms with E-state index in [2.05, 4.69) is 0 Å². The van der Waals surface area contributed by atoms with Crippen molar-refractivity contribution >= 4 is 0 Å². The first-order valence-electron chi connectivity index (χ1n) is 7.32. The topological polar surface area (TPSA) is 158 Å². The third kappa shape index (κ3) is 3.66. The fourth-order valence-corrected chi connectivity index (χ4v) is 2.67. The summed E-state index contributed by atoms with van der Waals surface area (Å²) < 4.78 is 21.0. The number of methoxy groups -OCH3 is 1. The third-order valence-corrected chi connectivity index (χ3v) is 4.16. The molecular formula is C13H24O10. The van der Waals surface area contributed by atoms with Crippen molar-refractivity contribution in [1.82, 2.24) is 0 Å². The van der Waals surface area contributed by atoms with Crippen LogP contribution in [0, 0.1) is 0 Å². The van der Waals surface area contributed by atoms with Gasteiger partial charge in [-0.05, 0) is 6.92 Å². The highest BCUT2D eigenvalue weighted by molar-refractivity contribution is 4.92. The van der Waals surface area contributed by atoms with Gasteiger partial charge in [0.15, 0.2) is 12.6 Å². The highest BCUT2D eigenvalue weighted by Gasteiger charge is 2.49. The number of aliphatic hydroxyl groups is 6. The highest BCUT2D eigenvalue weighted by atomic mass is 16.8. The van der Waals surface area contributed by atoms with Gasteiger partial charge in [-0.25, -0.2) is 0 Å². The van der Waals surface area contributed by atoms with Gasteiger partial charge in [0, 0.05) is 7.11 Å². The molecule has 2 aliphatic heterocycles. The van der Waals surface area contributed by atoms with E-state index in [1.54, 1.807) is 0 Å². The molecule has 10 nitrogen and oxygen atoms in total. The van der Waals surface area contributed by atoms with E-state index in [1.807, 2.05) is 0 Å². The van der Waals surface area contributed by atoms with Gasteiger partial charge in [0.2, 0.25) is 0 Å². The van der Waals surface area contributed by atoms with Crippen molar-refractivity contribution < 1.29 is 49.6 Å². The maximum Gasteiger partial charge on any atom is 0.187 e. The molecule has 23 heavy (non-hydrogen) atoms. The number of hydrogen-bond donors (Lipinski definition) is 6. The molecule has 0 spiro atoms. The van der Waals surface area contributed by atoms with E-state index >= 15 is 0 Å². The monoisotopic (exact) mass is 340 g/mol. The maximum absolute atomic E-state index is 10.1. The molecule has 2 heterocycles. The van der Waals surface area contributed by atoms with Gasteiger partial charge < -0.3 is 49.6 Å². The molecule has 10 atom stereocenters. The van der Waals surface area contributed by atoms with Gasteiger partial charge in [-0.3, -0.25) is 0 Å². The zero-order valence-corrected chi connectivity index (χ0v) is 12.8. The minimum atomic E-state index is -1.57. The molecule has 2 aliphatic rings. The van der Waals surface area contributed by atoms with Crippen molar-refractivity contribution in [3.63, 3.8) is 0 Å². The van der Waals surface area contributed by atoms with E-state index in [4.69, 9.17) is 24.1 Å². The van der Waals surface area contributed by atoms with Gasteiger partial charge >= 0.3 is 0 Å². The number of aliphatic hydroxyl groups excluding tert-OH is 6. The molecule has 136 valence electrons. The van der Waals surface area contributed by atoms with Crippen LogP contribution in [0.15, 0.2) is 0 Å². The van der Waals surface area contributed by atoms with E-state index in [1.165, 1.54) is 14.0 Å². The van der Waals surface area contributed by atoms with E-state index in [9.17, 15) is 25.5 Å². The highest BCUT2D eigenvalue weighted by Crippen LogP contribution is 2.29. The molecule has 0 amide bonds. The van der Waals surface area contributed by atoms with E-state index in [-0.39, 0.29) is 0 Å². The maximum atomic E-state index is 10.1. The Bertz CT molecular complexity index is 380. The zero-order valence-electron chi connectivity index (χ0n) is 12.8. The first-order valence-corrected chi connectivity index (χ1v) is 7.32. The predicted molar refractivity (Wildman–Crippen MR) is 72.0 cm³/mol. The largest absolute Gasteiger partial charge is 0.394 e. The van der Waals surface area contributed by atoms with Gasteiger partial charge in [-0.15, -0.1) is 0 Å². The summed E-state index contributed by atoms with van der Waals surface area (Å²) in [6, 6.07) is 0. The average Bonchev–Trinajstić information content (AvgIpc) is 2.54. The molecule has 2 saturated heterocycles. The van der Waals surface area contributed by atoms with Crippen molar-refractivity contribution in [2.24, 2.45) is 0 Å². The second-order valence-corrected chi connectivity index (χ2v) is 5.72. The first kappa shape index (κ1) is 18.9. The molecule has 0 aromatic carbocycles. The summed E-state index contributed by atoms with van der Waals surface area (Å²) in [6.45, 7) is 0.948. The summed E-state index contributed by atoms with van der Waals surface area (Å²) in [5, 5.41) is 58.5. The Labute approximate surface area is 132 Å². The minimum Gasteiger partial charge on any atom is -0.394 e. The number of ether oxygens (including phenoxy) is 4. The third-order valence-electron chi connectivity index (χ3n) is 4.16. The lowest BCUT2D eigenvalue weighted by Gasteiger charge is -2.45. The molecular weight excluding hydrogens is 316 g/mol. The summed E-state index contributed by atoms with van der Waals surface area (Å²) >= 11 is 0. The van der Waals surface area contributed by atoms with Crippen molar-refractivity contribution in [3.05, 3.63) is 0 Å². The van der Waals surface area contributed by atoms with Gasteiger partial charge in [-0.1, -0.05) is 0 Å². The van der Waals surface area contributed by atoms with Crippen LogP contribution in [0.1, 0.15) is 6.92 Å². The van der Waals surface area contributed by atoms with E-state index < -0.39 is 68.0 Å². The normalized spacial score (nSPS) is 51.7. The Morgan fingerprint density at radius 1 is 0.826 bits per heavy atom. The van der Waals surface area contributed by atoms with Gasteiger partial charge in [0.25, 0.3) is 0 Å². The van der Waals surface area contributed by atoms with Crippen molar-refractivity contribution in [2.45, 2.75) is 68.3 Å². The smallest absolute Gasteiger partial charge is 0.187 e. The van der Waals surface area contributed by atoms with Gasteiger partial charge in [0.05, 0.1) is 12.7 Å². The average molecular weight is 340 g/mol. The lowest BCUT2D eigenvalue weighted by molar-refractivity contribution is -0.361. The quantitative estimate of drug-likeness (QED) is 0.300. The Morgan fingerprint density at radius 2 is 1.48 bits per heavy atom. The Hall–Kier alpha value is -0.400. The van der Waals surface area contributed by atoms with Crippen LogP contribution in [0.2, 0.25) is 0 Å². The fourth-order valence-electron chi connectivity index (χ4n) is 2.67. The molecule has 0 aliphatic carbocycles. The number of hydrogen-bond acceptors (Lipinski definition) is 10. The van der Waals surface area contributed by atoms with Crippen LogP contribution < -0.4 is 0 Å². The molecule has 10 heteroatoms. The molecule has 0 bridgehead atoms. The van der Waals surface area contributed by atoms with Crippen LogP contribution in [0.3, 0.4) is 0 Å². The van der Waals surface area contributed by atoms with Crippen LogP contribution in [-0.4, -0.2) is 106 Å². The van der Waals surface area contributed by atoms with E-state index in [0.717, 1.165) is 0 Å². The second kappa shape index (κ2) is 7.66. The minimum absolute atomic E-state index is 0.532. The molecule has 0 aromatic rings. The lowest BCUT2D eigenvalue weighted by Crippen LogP contribution is -2.64. The molecule has 2 fully saturated rings. The zero-order chi connectivity index (χ0) is 17.3. The van der Waals surface area contributed by atoms with Gasteiger partial charge in [-0.2, -0.15) is 0 Å². The van der Waals surface area contributed by atoms with Gasteiger partial charge in [0.1, 0.15) is 42.7 Å². The summed E-state index contributed by atoms with van der Waals surface area (Å²) in [4.78, 5) is 0. The standard InChI is InChI=1S/C13H24O10/c1-4-6(15)8(17)10(19)12(21-4)23-11-9(18)7(16)5(3-14)22-13(11)20-2/h4-19H,3H2,1-2H3/t4?,5?,6?,7?,8-,9-,10?,11?,12?,13?/m1/s1. The summed E-state index contributed by atoms with van der Waals surface area (Å²) in [7, 11) is 1.28. The van der Waals surface area contributed by atoms with Crippen molar-refractivity contribution in [3.8, 4) is 0 Å². The van der Waals surface area contributed by atoms with Crippen LogP contribution in [0.5, 0.6) is 0 Å². The molecule has 6 N–H and O–H groups in total. The van der Waals surface area contributed by atoms with Crippen LogP contribution in [0.4, 0.5) is 0 Å². The Kier molecular flexibility index (Phi) is 6.30. The molecule has 0 aromatic heterocycles. The van der Waals surface area contributed by atoms with E-state index in [0.29, 0.717) is 0 Å². The van der Waals surface area contributed by atoms with Crippen molar-refractivity contribution in [2.75, 3.05) is 13.7 Å².